The first-order valence-electron chi connectivity index (χ1n) is 7.02. The highest BCUT2D eigenvalue weighted by Gasteiger charge is 2.20. The molecule has 4 nitrogen and oxygen atoms in total. The molecule has 0 heterocycles. The van der Waals surface area contributed by atoms with E-state index in [1.165, 1.54) is 0 Å². The van der Waals surface area contributed by atoms with Crippen LogP contribution < -0.4 is 10.0 Å². The fourth-order valence-electron chi connectivity index (χ4n) is 1.87. The van der Waals surface area contributed by atoms with Gasteiger partial charge in [-0.3, -0.25) is 4.79 Å². The first-order chi connectivity index (χ1) is 10.4. The zero-order valence-electron chi connectivity index (χ0n) is 12.9. The van der Waals surface area contributed by atoms with Gasteiger partial charge in [0.1, 0.15) is 11.0 Å². The number of hydrogen-bond donors (Lipinski definition) is 2. The molecule has 0 saturated carbocycles. The van der Waals surface area contributed by atoms with Gasteiger partial charge in [-0.1, -0.05) is 30.3 Å². The number of amides is 1. The van der Waals surface area contributed by atoms with E-state index in [9.17, 15) is 9.00 Å². The van der Waals surface area contributed by atoms with Crippen LogP contribution in [0.2, 0.25) is 0 Å². The summed E-state index contributed by atoms with van der Waals surface area (Å²) >= 11 is 0. The molecular formula is C17H20N2O2S. The molecule has 5 heteroatoms. The molecule has 116 valence electrons. The molecule has 0 bridgehead atoms. The largest absolute Gasteiger partial charge is 0.322 e. The van der Waals surface area contributed by atoms with Crippen molar-refractivity contribution in [3.63, 3.8) is 0 Å². The zero-order chi connectivity index (χ0) is 16.2. The van der Waals surface area contributed by atoms with Crippen LogP contribution in [-0.4, -0.2) is 15.7 Å². The van der Waals surface area contributed by atoms with Gasteiger partial charge >= 0.3 is 0 Å². The molecule has 0 fully saturated rings. The molecule has 0 radical (unpaired) electrons. The third-order valence-electron chi connectivity index (χ3n) is 2.76. The maximum absolute atomic E-state index is 12.5. The van der Waals surface area contributed by atoms with Crippen molar-refractivity contribution in [3.05, 3.63) is 60.2 Å². The van der Waals surface area contributed by atoms with Gasteiger partial charge in [0.05, 0.1) is 10.5 Å². The highest BCUT2D eigenvalue weighted by molar-refractivity contribution is 7.83. The van der Waals surface area contributed by atoms with E-state index in [2.05, 4.69) is 10.0 Å². The van der Waals surface area contributed by atoms with Crippen molar-refractivity contribution in [1.82, 2.24) is 4.72 Å². The topological polar surface area (TPSA) is 58.2 Å². The molecule has 0 aliphatic rings. The second kappa shape index (κ2) is 6.85. The van der Waals surface area contributed by atoms with Crippen LogP contribution in [0.4, 0.5) is 5.69 Å². The highest BCUT2D eigenvalue weighted by Crippen LogP contribution is 2.17. The Balaban J connectivity index is 2.24. The maximum Gasteiger partial charge on any atom is 0.256 e. The van der Waals surface area contributed by atoms with E-state index < -0.39 is 11.0 Å². The van der Waals surface area contributed by atoms with Crippen LogP contribution in [-0.2, 0) is 11.0 Å². The lowest BCUT2D eigenvalue weighted by atomic mass is 10.1. The van der Waals surface area contributed by atoms with Gasteiger partial charge in [-0.15, -0.1) is 0 Å². The first-order valence-corrected chi connectivity index (χ1v) is 8.17. The molecule has 2 N–H and O–H groups in total. The number of para-hydroxylation sites is 1. The fraction of sp³-hybridized carbons (Fsp3) is 0.235. The quantitative estimate of drug-likeness (QED) is 0.909. The Morgan fingerprint density at radius 2 is 1.55 bits per heavy atom. The molecule has 1 unspecified atom stereocenters. The van der Waals surface area contributed by atoms with E-state index in [0.717, 1.165) is 0 Å². The lowest BCUT2D eigenvalue weighted by Crippen LogP contribution is -2.37. The standard InChI is InChI=1S/C17H20N2O2S/c1-17(2,3)19-22(21)15-12-8-7-11-14(15)16(20)18-13-9-5-4-6-10-13/h4-12,19H,1-3H3,(H,18,20). The van der Waals surface area contributed by atoms with Crippen molar-refractivity contribution in [2.75, 3.05) is 5.32 Å². The molecule has 1 amide bonds. The van der Waals surface area contributed by atoms with Gasteiger partial charge in [-0.2, -0.15) is 0 Å². The lowest BCUT2D eigenvalue weighted by molar-refractivity contribution is 0.102. The fourth-order valence-corrected chi connectivity index (χ4v) is 3.10. The summed E-state index contributed by atoms with van der Waals surface area (Å²) in [6.07, 6.45) is 0. The summed E-state index contributed by atoms with van der Waals surface area (Å²) in [5, 5.41) is 2.82. The number of benzene rings is 2. The van der Waals surface area contributed by atoms with Gasteiger partial charge in [0.25, 0.3) is 5.91 Å². The minimum absolute atomic E-state index is 0.272. The van der Waals surface area contributed by atoms with Crippen LogP contribution in [0, 0.1) is 0 Å². The number of carbonyl (C=O) groups is 1. The number of anilines is 1. The predicted octanol–water partition coefficient (Wildman–Crippen LogP) is 3.35. The van der Waals surface area contributed by atoms with E-state index in [1.54, 1.807) is 24.3 Å². The molecule has 2 aromatic carbocycles. The highest BCUT2D eigenvalue weighted by atomic mass is 32.2. The second-order valence-corrected chi connectivity index (χ2v) is 7.12. The molecule has 0 aromatic heterocycles. The zero-order valence-corrected chi connectivity index (χ0v) is 13.7. The van der Waals surface area contributed by atoms with E-state index in [-0.39, 0.29) is 11.4 Å². The lowest BCUT2D eigenvalue weighted by Gasteiger charge is -2.20. The van der Waals surface area contributed by atoms with Crippen LogP contribution in [0.25, 0.3) is 0 Å². The predicted molar refractivity (Wildman–Crippen MR) is 90.1 cm³/mol. The summed E-state index contributed by atoms with van der Waals surface area (Å²) in [4.78, 5) is 12.9. The third-order valence-corrected chi connectivity index (χ3v) is 4.32. The van der Waals surface area contributed by atoms with Gasteiger partial charge in [-0.25, -0.2) is 8.93 Å². The van der Waals surface area contributed by atoms with Gasteiger partial charge in [0, 0.05) is 11.2 Å². The van der Waals surface area contributed by atoms with Crippen molar-refractivity contribution in [1.29, 1.82) is 0 Å². The number of nitrogens with one attached hydrogen (secondary N) is 2. The smallest absolute Gasteiger partial charge is 0.256 e. The maximum atomic E-state index is 12.5. The minimum Gasteiger partial charge on any atom is -0.322 e. The van der Waals surface area contributed by atoms with Crippen LogP contribution in [0.1, 0.15) is 31.1 Å². The molecule has 0 saturated heterocycles. The van der Waals surface area contributed by atoms with Gasteiger partial charge < -0.3 is 5.32 Å². The van der Waals surface area contributed by atoms with Crippen molar-refractivity contribution >= 4 is 22.6 Å². The Kier molecular flexibility index (Phi) is 5.11. The van der Waals surface area contributed by atoms with Gasteiger partial charge in [-0.05, 0) is 45.0 Å². The monoisotopic (exact) mass is 316 g/mol. The van der Waals surface area contributed by atoms with Crippen LogP contribution in [0.5, 0.6) is 0 Å². The summed E-state index contributed by atoms with van der Waals surface area (Å²) in [6.45, 7) is 5.78. The molecule has 0 aliphatic heterocycles. The van der Waals surface area contributed by atoms with Crippen molar-refractivity contribution in [2.24, 2.45) is 0 Å². The van der Waals surface area contributed by atoms with Crippen molar-refractivity contribution < 1.29 is 9.00 Å². The van der Waals surface area contributed by atoms with E-state index in [1.807, 2.05) is 51.1 Å². The number of hydrogen-bond acceptors (Lipinski definition) is 2. The van der Waals surface area contributed by atoms with Gasteiger partial charge in [0.2, 0.25) is 0 Å². The number of rotatable bonds is 4. The molecular weight excluding hydrogens is 296 g/mol. The van der Waals surface area contributed by atoms with E-state index in [4.69, 9.17) is 0 Å². The molecule has 0 spiro atoms. The Morgan fingerprint density at radius 3 is 2.18 bits per heavy atom. The number of carbonyl (C=O) groups excluding carboxylic acids is 1. The van der Waals surface area contributed by atoms with Crippen molar-refractivity contribution in [2.45, 2.75) is 31.2 Å². The summed E-state index contributed by atoms with van der Waals surface area (Å²) in [7, 11) is -1.45. The minimum atomic E-state index is -1.45. The SMILES string of the molecule is CC(C)(C)NS(=O)c1ccccc1C(=O)Nc1ccccc1. The molecule has 2 aromatic rings. The molecule has 1 atom stereocenters. The first kappa shape index (κ1) is 16.4. The normalized spacial score (nSPS) is 12.7. The summed E-state index contributed by atoms with van der Waals surface area (Å²) in [5.74, 6) is -0.272. The second-order valence-electron chi connectivity index (χ2n) is 5.94. The van der Waals surface area contributed by atoms with Gasteiger partial charge in [0.15, 0.2) is 0 Å². The van der Waals surface area contributed by atoms with Crippen LogP contribution in [0.15, 0.2) is 59.5 Å². The average Bonchev–Trinajstić information content (AvgIpc) is 2.46. The summed E-state index contributed by atoms with van der Waals surface area (Å²) in [5.41, 5.74) is 0.798. The van der Waals surface area contributed by atoms with Crippen molar-refractivity contribution in [3.8, 4) is 0 Å². The molecule has 2 rings (SSSR count). The van der Waals surface area contributed by atoms with Crippen LogP contribution in [0.3, 0.4) is 0 Å². The Hall–Kier alpha value is -1.98. The Bertz CT molecular complexity index is 679. The molecule has 22 heavy (non-hydrogen) atoms. The Labute approximate surface area is 133 Å². The third kappa shape index (κ3) is 4.51. The molecule has 0 aliphatic carbocycles. The summed E-state index contributed by atoms with van der Waals surface area (Å²) in [6, 6.07) is 16.1. The van der Waals surface area contributed by atoms with E-state index >= 15 is 0 Å². The Morgan fingerprint density at radius 1 is 0.955 bits per heavy atom. The average molecular weight is 316 g/mol. The van der Waals surface area contributed by atoms with Crippen LogP contribution >= 0.6 is 0 Å². The summed E-state index contributed by atoms with van der Waals surface area (Å²) < 4.78 is 15.4. The van der Waals surface area contributed by atoms with E-state index in [0.29, 0.717) is 16.1 Å².